The van der Waals surface area contributed by atoms with Crippen LogP contribution in [-0.2, 0) is 25.5 Å². The molecule has 242 valence electrons. The van der Waals surface area contributed by atoms with Crippen LogP contribution in [0.4, 0.5) is 21.0 Å². The molecular formula is C29H35Br3Cl2N4O6. The van der Waals surface area contributed by atoms with Crippen molar-refractivity contribution < 1.29 is 28.7 Å². The van der Waals surface area contributed by atoms with E-state index < -0.39 is 32.2 Å². The van der Waals surface area contributed by atoms with Gasteiger partial charge in [0.05, 0.1) is 28.0 Å². The second-order valence-electron chi connectivity index (χ2n) is 9.61. The van der Waals surface area contributed by atoms with Gasteiger partial charge in [-0.1, -0.05) is 122 Å². The monoisotopic (exact) mass is 842 g/mol. The summed E-state index contributed by atoms with van der Waals surface area (Å²) in [6, 6.07) is 9.42. The highest BCUT2D eigenvalue weighted by molar-refractivity contribution is 9.39. The van der Waals surface area contributed by atoms with Crippen molar-refractivity contribution in [1.82, 2.24) is 10.6 Å². The molecule has 0 radical (unpaired) electrons. The number of rotatable bonds is 14. The quantitative estimate of drug-likeness (QED) is 0.113. The van der Waals surface area contributed by atoms with Crippen LogP contribution in [0.3, 0.4) is 0 Å². The third-order valence-corrected chi connectivity index (χ3v) is 8.93. The Kier molecular flexibility index (Phi) is 16.3. The summed E-state index contributed by atoms with van der Waals surface area (Å²) < 4.78 is 10.2. The van der Waals surface area contributed by atoms with E-state index in [-0.39, 0.29) is 53.0 Å². The van der Waals surface area contributed by atoms with E-state index in [1.165, 1.54) is 12.1 Å². The van der Waals surface area contributed by atoms with E-state index in [2.05, 4.69) is 69.1 Å². The average molecular weight is 846 g/mol. The molecule has 0 heterocycles. The Balaban J connectivity index is 2.00. The highest BCUT2D eigenvalue weighted by Gasteiger charge is 2.32. The van der Waals surface area contributed by atoms with Crippen LogP contribution < -0.4 is 21.3 Å². The van der Waals surface area contributed by atoms with E-state index in [9.17, 15) is 19.2 Å². The molecule has 4 amide bonds. The van der Waals surface area contributed by atoms with E-state index in [0.29, 0.717) is 12.8 Å². The Morgan fingerprint density at radius 1 is 0.886 bits per heavy atom. The molecule has 0 bridgehead atoms. The first kappa shape index (κ1) is 38.1. The number of alkyl halides is 3. The molecule has 0 saturated heterocycles. The van der Waals surface area contributed by atoms with Gasteiger partial charge >= 0.3 is 24.0 Å². The van der Waals surface area contributed by atoms with E-state index in [1.54, 1.807) is 6.92 Å². The zero-order valence-electron chi connectivity index (χ0n) is 24.4. The molecule has 2 unspecified atom stereocenters. The van der Waals surface area contributed by atoms with Crippen molar-refractivity contribution in [2.75, 3.05) is 23.8 Å². The van der Waals surface area contributed by atoms with Crippen LogP contribution in [0.2, 0.25) is 10.0 Å². The summed E-state index contributed by atoms with van der Waals surface area (Å²) >= 11 is 23.2. The highest BCUT2D eigenvalue weighted by atomic mass is 80.0. The fourth-order valence-electron chi connectivity index (χ4n) is 4.04. The van der Waals surface area contributed by atoms with Crippen LogP contribution >= 0.6 is 71.0 Å². The Bertz CT molecular complexity index is 1280. The van der Waals surface area contributed by atoms with Gasteiger partial charge in [-0.25, -0.2) is 14.4 Å². The predicted molar refractivity (Wildman–Crippen MR) is 184 cm³/mol. The number of hydrogen-bond donors (Lipinski definition) is 4. The summed E-state index contributed by atoms with van der Waals surface area (Å²) in [5.74, 6) is -1.06. The molecule has 4 N–H and O–H groups in total. The van der Waals surface area contributed by atoms with Crippen LogP contribution in [0.15, 0.2) is 42.5 Å². The maximum absolute atomic E-state index is 12.8. The summed E-state index contributed by atoms with van der Waals surface area (Å²) in [7, 11) is 0. The van der Waals surface area contributed by atoms with Crippen LogP contribution in [0.5, 0.6) is 0 Å². The molecular weight excluding hydrogens is 811 g/mol. The minimum Gasteiger partial charge on any atom is -0.464 e. The lowest BCUT2D eigenvalue weighted by Gasteiger charge is -2.28. The van der Waals surface area contributed by atoms with E-state index in [1.807, 2.05) is 44.2 Å². The number of hydrogen-bond acceptors (Lipinski definition) is 6. The first-order chi connectivity index (χ1) is 20.8. The molecule has 0 aliphatic heterocycles. The molecule has 0 spiro atoms. The van der Waals surface area contributed by atoms with Crippen molar-refractivity contribution in [3.63, 3.8) is 0 Å². The molecule has 0 saturated carbocycles. The molecule has 2 rings (SSSR count). The molecule has 2 aromatic rings. The summed E-state index contributed by atoms with van der Waals surface area (Å²) in [6.45, 7) is 5.39. The van der Waals surface area contributed by atoms with Crippen molar-refractivity contribution in [1.29, 1.82) is 0 Å². The number of benzene rings is 2. The largest absolute Gasteiger partial charge is 0.464 e. The van der Waals surface area contributed by atoms with E-state index in [0.717, 1.165) is 12.0 Å². The van der Waals surface area contributed by atoms with Crippen LogP contribution in [0, 0.1) is 5.92 Å². The van der Waals surface area contributed by atoms with Gasteiger partial charge in [0.1, 0.15) is 20.8 Å². The summed E-state index contributed by atoms with van der Waals surface area (Å²) in [6.07, 6.45) is 1.90. The topological polar surface area (TPSA) is 135 Å². The van der Waals surface area contributed by atoms with Gasteiger partial charge in [-0.3, -0.25) is 4.79 Å². The zero-order chi connectivity index (χ0) is 32.9. The van der Waals surface area contributed by atoms with E-state index >= 15 is 0 Å². The Morgan fingerprint density at radius 2 is 1.50 bits per heavy atom. The van der Waals surface area contributed by atoms with Crippen LogP contribution in [0.1, 0.15) is 45.6 Å². The smallest absolute Gasteiger partial charge is 0.329 e. The maximum atomic E-state index is 12.8. The molecule has 44 heavy (non-hydrogen) atoms. The second-order valence-corrected chi connectivity index (χ2v) is 17.4. The van der Waals surface area contributed by atoms with Gasteiger partial charge in [0.25, 0.3) is 0 Å². The van der Waals surface area contributed by atoms with Crippen molar-refractivity contribution in [3.8, 4) is 0 Å². The van der Waals surface area contributed by atoms with Crippen molar-refractivity contribution in [3.05, 3.63) is 58.1 Å². The molecule has 10 nitrogen and oxygen atoms in total. The third-order valence-electron chi connectivity index (χ3n) is 6.36. The lowest BCUT2D eigenvalue weighted by molar-refractivity contribution is -0.148. The zero-order valence-corrected chi connectivity index (χ0v) is 30.6. The SMILES string of the molecule is CCOC(=O)[C@H](Cc1ccccc1)NC(=O)Nc1cc(NC(=O)NCC(=O)OC(CC)CC(CC)C(Br)(Br)Br)c(Cl)cc1Cl. The van der Waals surface area contributed by atoms with E-state index in [4.69, 9.17) is 32.7 Å². The second kappa shape index (κ2) is 18.8. The minimum absolute atomic E-state index is 0.0888. The van der Waals surface area contributed by atoms with Gasteiger partial charge in [-0.05, 0) is 43.4 Å². The van der Waals surface area contributed by atoms with Crippen molar-refractivity contribution in [2.24, 2.45) is 5.92 Å². The summed E-state index contributed by atoms with van der Waals surface area (Å²) in [5.41, 5.74) is 1.05. The number of urea groups is 2. The molecule has 2 aromatic carbocycles. The number of esters is 2. The summed E-state index contributed by atoms with van der Waals surface area (Å²) in [5, 5.41) is 10.3. The van der Waals surface area contributed by atoms with Gasteiger partial charge in [0, 0.05) is 6.42 Å². The maximum Gasteiger partial charge on any atom is 0.329 e. The fraction of sp³-hybridized carbons (Fsp3) is 0.448. The minimum atomic E-state index is -0.965. The number of nitrogens with one attached hydrogen (secondary N) is 4. The Morgan fingerprint density at radius 3 is 2.05 bits per heavy atom. The lowest BCUT2D eigenvalue weighted by Crippen LogP contribution is -2.45. The standard InChI is InChI=1S/C29H35Br3Cl2N4O6/c1-4-18(29(30,31)32)13-19(5-2)44-25(39)16-35-27(41)36-22-15-23(21(34)14-20(22)33)37-28(42)38-24(26(40)43-6-3)12-17-10-8-7-9-11-17/h7-11,14-15,18-19,24H,4-6,12-13,16H2,1-3H3,(H2,35,36,41)(H2,37,38,42)/t18?,19?,24-/m0/s1. The first-order valence-corrected chi connectivity index (χ1v) is 17.0. The first-order valence-electron chi connectivity index (χ1n) is 13.8. The highest BCUT2D eigenvalue weighted by Crippen LogP contribution is 2.45. The number of anilines is 2. The Labute approximate surface area is 292 Å². The molecule has 0 fully saturated rings. The van der Waals surface area contributed by atoms with Crippen molar-refractivity contribution in [2.45, 2.75) is 60.7 Å². The number of ether oxygens (including phenoxy) is 2. The van der Waals surface area contributed by atoms with Gasteiger partial charge < -0.3 is 30.7 Å². The van der Waals surface area contributed by atoms with Crippen LogP contribution in [-0.4, -0.2) is 51.4 Å². The lowest BCUT2D eigenvalue weighted by atomic mass is 9.99. The molecule has 15 heteroatoms. The van der Waals surface area contributed by atoms with Gasteiger partial charge in [-0.15, -0.1) is 0 Å². The number of carbonyl (C=O) groups excluding carboxylic acids is 4. The number of carbonyl (C=O) groups is 4. The van der Waals surface area contributed by atoms with Crippen molar-refractivity contribution >= 4 is 106 Å². The normalized spacial score (nSPS) is 13.2. The fourth-order valence-corrected chi connectivity index (χ4v) is 6.05. The van der Waals surface area contributed by atoms with Gasteiger partial charge in [-0.2, -0.15) is 0 Å². The predicted octanol–water partition coefficient (Wildman–Crippen LogP) is 7.99. The van der Waals surface area contributed by atoms with Gasteiger partial charge in [0.15, 0.2) is 0 Å². The molecule has 0 aliphatic carbocycles. The molecule has 3 atom stereocenters. The van der Waals surface area contributed by atoms with Crippen LogP contribution in [0.25, 0.3) is 0 Å². The third kappa shape index (κ3) is 13.1. The van der Waals surface area contributed by atoms with Gasteiger partial charge in [0.2, 0.25) is 0 Å². The average Bonchev–Trinajstić information content (AvgIpc) is 2.96. The molecule has 0 aromatic heterocycles. The Hall–Kier alpha value is -2.06. The summed E-state index contributed by atoms with van der Waals surface area (Å²) in [4.78, 5) is 50.4. The number of amides is 4. The molecule has 0 aliphatic rings. The number of halogens is 5.